The molecule has 0 aliphatic carbocycles. The van der Waals surface area contributed by atoms with Crippen molar-refractivity contribution in [2.75, 3.05) is 11.9 Å². The second kappa shape index (κ2) is 9.64. The van der Waals surface area contributed by atoms with Crippen LogP contribution in [0.5, 0.6) is 5.75 Å². The van der Waals surface area contributed by atoms with Gasteiger partial charge in [0.2, 0.25) is 5.91 Å². The Labute approximate surface area is 170 Å². The van der Waals surface area contributed by atoms with Gasteiger partial charge in [0.05, 0.1) is 30.3 Å². The van der Waals surface area contributed by atoms with Crippen molar-refractivity contribution in [2.45, 2.75) is 25.8 Å². The zero-order chi connectivity index (χ0) is 21.5. The first-order valence-corrected chi connectivity index (χ1v) is 9.32. The number of carbonyl (C=O) groups excluding carboxylic acids is 1. The van der Waals surface area contributed by atoms with E-state index >= 15 is 0 Å². The number of anilines is 1. The predicted molar refractivity (Wildman–Crippen MR) is 108 cm³/mol. The second-order valence-electron chi connectivity index (χ2n) is 6.55. The summed E-state index contributed by atoms with van der Waals surface area (Å²) >= 11 is 0. The zero-order valence-corrected chi connectivity index (χ0v) is 16.0. The van der Waals surface area contributed by atoms with Gasteiger partial charge in [-0.25, -0.2) is 9.37 Å². The summed E-state index contributed by atoms with van der Waals surface area (Å²) < 4.78 is 20.4. The summed E-state index contributed by atoms with van der Waals surface area (Å²) in [5.41, 5.74) is 0.576. The van der Waals surface area contributed by atoms with Crippen LogP contribution < -0.4 is 15.6 Å². The molecule has 0 saturated carbocycles. The van der Waals surface area contributed by atoms with Crippen molar-refractivity contribution in [2.24, 2.45) is 0 Å². The highest BCUT2D eigenvalue weighted by atomic mass is 19.1. The fourth-order valence-electron chi connectivity index (χ4n) is 2.82. The van der Waals surface area contributed by atoms with Gasteiger partial charge in [-0.05, 0) is 36.8 Å². The van der Waals surface area contributed by atoms with Crippen molar-refractivity contribution in [1.29, 1.82) is 0 Å². The quantitative estimate of drug-likeness (QED) is 0.522. The maximum Gasteiger partial charge on any atom is 0.303 e. The third-order valence-corrected chi connectivity index (χ3v) is 4.31. The van der Waals surface area contributed by atoms with E-state index in [-0.39, 0.29) is 30.8 Å². The standard InChI is InChI=1S/C21H20FN3O5/c22-16-4-1-2-5-18(16)30-11-3-10-25-13-23-17-7-6-14(12-15(17)21(25)29)24-19(26)8-9-20(27)28/h1-2,4-7,12-13H,3,8-11H2,(H,24,26)(H,27,28). The van der Waals surface area contributed by atoms with Gasteiger partial charge < -0.3 is 15.2 Å². The number of carbonyl (C=O) groups is 2. The number of amides is 1. The number of rotatable bonds is 9. The number of nitrogens with one attached hydrogen (secondary N) is 1. The largest absolute Gasteiger partial charge is 0.490 e. The van der Waals surface area contributed by atoms with Crippen LogP contribution in [-0.4, -0.2) is 33.1 Å². The number of halogens is 1. The monoisotopic (exact) mass is 413 g/mol. The topological polar surface area (TPSA) is 111 Å². The summed E-state index contributed by atoms with van der Waals surface area (Å²) in [5.74, 6) is -1.80. The van der Waals surface area contributed by atoms with Crippen LogP contribution in [0.15, 0.2) is 53.6 Å². The van der Waals surface area contributed by atoms with Crippen molar-refractivity contribution in [1.82, 2.24) is 9.55 Å². The van der Waals surface area contributed by atoms with Gasteiger partial charge in [0, 0.05) is 18.7 Å². The molecule has 0 atom stereocenters. The molecule has 0 unspecified atom stereocenters. The zero-order valence-electron chi connectivity index (χ0n) is 16.0. The van der Waals surface area contributed by atoms with Gasteiger partial charge in [0.15, 0.2) is 11.6 Å². The lowest BCUT2D eigenvalue weighted by Gasteiger charge is -2.10. The molecule has 156 valence electrons. The fourth-order valence-corrected chi connectivity index (χ4v) is 2.82. The maximum atomic E-state index is 13.5. The number of para-hydroxylation sites is 1. The molecule has 1 heterocycles. The van der Waals surface area contributed by atoms with E-state index in [0.29, 0.717) is 29.6 Å². The number of aryl methyl sites for hydroxylation is 1. The second-order valence-corrected chi connectivity index (χ2v) is 6.55. The summed E-state index contributed by atoms with van der Waals surface area (Å²) in [6.45, 7) is 0.552. The van der Waals surface area contributed by atoms with E-state index in [4.69, 9.17) is 9.84 Å². The Morgan fingerprint density at radius 1 is 1.17 bits per heavy atom. The maximum absolute atomic E-state index is 13.5. The molecule has 3 rings (SSSR count). The van der Waals surface area contributed by atoms with Crippen LogP contribution in [-0.2, 0) is 16.1 Å². The summed E-state index contributed by atoms with van der Waals surface area (Å²) in [6.07, 6.45) is 1.46. The average Bonchev–Trinajstić information content (AvgIpc) is 2.72. The lowest BCUT2D eigenvalue weighted by molar-refractivity contribution is -0.138. The molecule has 0 fully saturated rings. The van der Waals surface area contributed by atoms with Crippen molar-refractivity contribution in [3.8, 4) is 5.75 Å². The Balaban J connectivity index is 1.65. The number of ether oxygens (including phenoxy) is 1. The van der Waals surface area contributed by atoms with Crippen molar-refractivity contribution < 1.29 is 23.8 Å². The van der Waals surface area contributed by atoms with Crippen LogP contribution in [0, 0.1) is 5.82 Å². The van der Waals surface area contributed by atoms with Gasteiger partial charge in [-0.3, -0.25) is 19.0 Å². The van der Waals surface area contributed by atoms with Crippen molar-refractivity contribution in [3.63, 3.8) is 0 Å². The predicted octanol–water partition coefficient (Wildman–Crippen LogP) is 2.81. The Morgan fingerprint density at radius 2 is 1.97 bits per heavy atom. The molecular weight excluding hydrogens is 393 g/mol. The SMILES string of the molecule is O=C(O)CCC(=O)Nc1ccc2ncn(CCCOc3ccccc3F)c(=O)c2c1. The minimum absolute atomic E-state index is 0.157. The van der Waals surface area contributed by atoms with E-state index in [1.54, 1.807) is 24.3 Å². The third-order valence-electron chi connectivity index (χ3n) is 4.31. The number of hydrogen-bond acceptors (Lipinski definition) is 5. The number of fused-ring (bicyclic) bond motifs is 1. The molecule has 0 aliphatic rings. The Kier molecular flexibility index (Phi) is 6.74. The van der Waals surface area contributed by atoms with Gasteiger partial charge in [-0.1, -0.05) is 12.1 Å². The first-order chi connectivity index (χ1) is 14.4. The Morgan fingerprint density at radius 3 is 2.73 bits per heavy atom. The molecule has 30 heavy (non-hydrogen) atoms. The highest BCUT2D eigenvalue weighted by Crippen LogP contribution is 2.16. The van der Waals surface area contributed by atoms with Gasteiger partial charge in [0.1, 0.15) is 0 Å². The first-order valence-electron chi connectivity index (χ1n) is 9.32. The van der Waals surface area contributed by atoms with Crippen LogP contribution in [0.2, 0.25) is 0 Å². The van der Waals surface area contributed by atoms with Gasteiger partial charge in [0.25, 0.3) is 5.56 Å². The molecule has 1 aromatic heterocycles. The van der Waals surface area contributed by atoms with Crippen molar-refractivity contribution in [3.05, 3.63) is 65.0 Å². The summed E-state index contributed by atoms with van der Waals surface area (Å²) in [7, 11) is 0. The van der Waals surface area contributed by atoms with E-state index < -0.39 is 17.7 Å². The molecule has 0 aliphatic heterocycles. The van der Waals surface area contributed by atoms with E-state index in [1.165, 1.54) is 29.1 Å². The Hall–Kier alpha value is -3.75. The number of carboxylic acids is 1. The minimum atomic E-state index is -1.06. The molecule has 0 saturated heterocycles. The molecule has 0 spiro atoms. The van der Waals surface area contributed by atoms with E-state index in [1.807, 2.05) is 0 Å². The molecule has 0 radical (unpaired) electrons. The highest BCUT2D eigenvalue weighted by Gasteiger charge is 2.09. The third kappa shape index (κ3) is 5.40. The molecule has 2 N–H and O–H groups in total. The number of aromatic nitrogens is 2. The molecule has 8 nitrogen and oxygen atoms in total. The van der Waals surface area contributed by atoms with Crippen LogP contribution in [0.4, 0.5) is 10.1 Å². The Bertz CT molecular complexity index is 1130. The average molecular weight is 413 g/mol. The smallest absolute Gasteiger partial charge is 0.303 e. The van der Waals surface area contributed by atoms with Crippen LogP contribution in [0.1, 0.15) is 19.3 Å². The van der Waals surface area contributed by atoms with E-state index in [0.717, 1.165) is 0 Å². The molecule has 3 aromatic rings. The number of benzene rings is 2. The summed E-state index contributed by atoms with van der Waals surface area (Å²) in [5, 5.41) is 11.5. The molecule has 9 heteroatoms. The van der Waals surface area contributed by atoms with Crippen LogP contribution >= 0.6 is 0 Å². The van der Waals surface area contributed by atoms with Gasteiger partial charge in [-0.2, -0.15) is 0 Å². The van der Waals surface area contributed by atoms with Gasteiger partial charge >= 0.3 is 5.97 Å². The molecule has 1 amide bonds. The van der Waals surface area contributed by atoms with Crippen LogP contribution in [0.3, 0.4) is 0 Å². The number of carboxylic acid groups (broad SMARTS) is 1. The van der Waals surface area contributed by atoms with E-state index in [9.17, 15) is 18.8 Å². The molecule has 2 aromatic carbocycles. The first kappa shape index (κ1) is 21.0. The summed E-state index contributed by atoms with van der Waals surface area (Å²) in [6, 6.07) is 10.8. The van der Waals surface area contributed by atoms with Gasteiger partial charge in [-0.15, -0.1) is 0 Å². The number of hydrogen-bond donors (Lipinski definition) is 2. The van der Waals surface area contributed by atoms with Crippen LogP contribution in [0.25, 0.3) is 10.9 Å². The van der Waals surface area contributed by atoms with Crippen molar-refractivity contribution >= 4 is 28.5 Å². The molecular formula is C21H20FN3O5. The molecule has 0 bridgehead atoms. The normalized spacial score (nSPS) is 10.7. The number of aliphatic carboxylic acids is 1. The fraction of sp³-hybridized carbons (Fsp3) is 0.238. The van der Waals surface area contributed by atoms with E-state index in [2.05, 4.69) is 10.3 Å². The minimum Gasteiger partial charge on any atom is -0.490 e. The summed E-state index contributed by atoms with van der Waals surface area (Å²) in [4.78, 5) is 39.3. The highest BCUT2D eigenvalue weighted by molar-refractivity contribution is 5.94. The lowest BCUT2D eigenvalue weighted by Crippen LogP contribution is -2.22. The lowest BCUT2D eigenvalue weighted by atomic mass is 10.2. The number of nitrogens with zero attached hydrogens (tertiary/aromatic N) is 2.